The number of piperidine rings is 1. The van der Waals surface area contributed by atoms with Crippen molar-refractivity contribution < 1.29 is 4.74 Å². The second-order valence-electron chi connectivity index (χ2n) is 8.20. The molecule has 1 aromatic heterocycles. The van der Waals surface area contributed by atoms with Crippen LogP contribution in [0.4, 0.5) is 10.8 Å². The number of anilines is 2. The molecule has 0 radical (unpaired) electrons. The van der Waals surface area contributed by atoms with Crippen LogP contribution in [0.15, 0.2) is 34.6 Å². The highest BCUT2D eigenvalue weighted by Crippen LogP contribution is 2.25. The van der Waals surface area contributed by atoms with Crippen molar-refractivity contribution in [3.05, 3.63) is 35.3 Å². The molecule has 2 aliphatic heterocycles. The second kappa shape index (κ2) is 12.5. The predicted molar refractivity (Wildman–Crippen MR) is 145 cm³/mol. The van der Waals surface area contributed by atoms with Crippen LogP contribution in [-0.2, 0) is 6.42 Å². The van der Waals surface area contributed by atoms with Crippen molar-refractivity contribution in [3.8, 4) is 5.75 Å². The number of aromatic nitrogens is 1. The van der Waals surface area contributed by atoms with Crippen LogP contribution in [0.5, 0.6) is 5.75 Å². The summed E-state index contributed by atoms with van der Waals surface area (Å²) < 4.78 is 5.39. The molecule has 0 amide bonds. The lowest BCUT2D eigenvalue weighted by molar-refractivity contribution is 0.414. The average Bonchev–Trinajstić information content (AvgIpc) is 3.51. The summed E-state index contributed by atoms with van der Waals surface area (Å²) >= 11 is 1.77. The van der Waals surface area contributed by atoms with Crippen molar-refractivity contribution in [1.82, 2.24) is 15.6 Å². The highest BCUT2D eigenvalue weighted by Gasteiger charge is 2.21. The number of ether oxygens (including phenoxy) is 1. The quantitative estimate of drug-likeness (QED) is 0.301. The predicted octanol–water partition coefficient (Wildman–Crippen LogP) is 3.75. The van der Waals surface area contributed by atoms with Gasteiger partial charge in [0, 0.05) is 69.4 Å². The first-order valence-corrected chi connectivity index (χ1v) is 12.2. The van der Waals surface area contributed by atoms with Gasteiger partial charge in [0.1, 0.15) is 5.75 Å². The van der Waals surface area contributed by atoms with Crippen molar-refractivity contribution in [3.63, 3.8) is 0 Å². The third kappa shape index (κ3) is 6.63. The minimum absolute atomic E-state index is 0. The van der Waals surface area contributed by atoms with E-state index in [1.807, 2.05) is 13.1 Å². The molecule has 2 aromatic rings. The Bertz CT molecular complexity index is 870. The maximum absolute atomic E-state index is 5.39. The van der Waals surface area contributed by atoms with Crippen LogP contribution in [0.1, 0.15) is 31.4 Å². The number of methoxy groups -OCH3 is 1. The number of hydrogen-bond acceptors (Lipinski definition) is 6. The van der Waals surface area contributed by atoms with E-state index in [4.69, 9.17) is 9.72 Å². The molecule has 9 heteroatoms. The average molecular weight is 571 g/mol. The van der Waals surface area contributed by atoms with Crippen molar-refractivity contribution >= 4 is 52.1 Å². The van der Waals surface area contributed by atoms with Crippen LogP contribution in [0.25, 0.3) is 0 Å². The van der Waals surface area contributed by atoms with E-state index in [0.29, 0.717) is 6.04 Å². The second-order valence-corrected chi connectivity index (χ2v) is 9.03. The molecule has 0 bridgehead atoms. The summed E-state index contributed by atoms with van der Waals surface area (Å²) in [6.45, 7) is 5.15. The minimum atomic E-state index is 0. The third-order valence-electron chi connectivity index (χ3n) is 5.99. The van der Waals surface area contributed by atoms with Gasteiger partial charge >= 0.3 is 0 Å². The molecular formula is C23H35IN6OS. The number of rotatable bonds is 7. The summed E-state index contributed by atoms with van der Waals surface area (Å²) in [5, 5.41) is 10.4. The first-order valence-electron chi connectivity index (χ1n) is 11.3. The molecule has 2 N–H and O–H groups in total. The lowest BCUT2D eigenvalue weighted by Crippen LogP contribution is -2.51. The fourth-order valence-electron chi connectivity index (χ4n) is 4.30. The summed E-state index contributed by atoms with van der Waals surface area (Å²) in [4.78, 5) is 14.1. The standard InChI is InChI=1S/C23H34N6OS.HI/c1-24-22(25-11-10-19-17-31-23(27-19)28-12-3-4-13-28)26-18-7-6-14-29(16-18)20-8-5-9-21(15-20)30-2;/h5,8-9,15,17-18H,3-4,6-7,10-14,16H2,1-2H3,(H2,24,25,26);1H. The first kappa shape index (κ1) is 24.9. The molecular weight excluding hydrogens is 535 g/mol. The monoisotopic (exact) mass is 570 g/mol. The smallest absolute Gasteiger partial charge is 0.191 e. The van der Waals surface area contributed by atoms with Gasteiger partial charge in [0.05, 0.1) is 12.8 Å². The molecule has 4 rings (SSSR count). The maximum atomic E-state index is 5.39. The largest absolute Gasteiger partial charge is 0.497 e. The Hall–Kier alpha value is -1.75. The van der Waals surface area contributed by atoms with E-state index in [9.17, 15) is 0 Å². The van der Waals surface area contributed by atoms with Crippen LogP contribution in [-0.4, -0.2) is 63.9 Å². The van der Waals surface area contributed by atoms with Crippen LogP contribution < -0.4 is 25.2 Å². The van der Waals surface area contributed by atoms with Gasteiger partial charge in [0.15, 0.2) is 11.1 Å². The Labute approximate surface area is 212 Å². The first-order chi connectivity index (χ1) is 15.2. The number of guanidine groups is 1. The zero-order valence-electron chi connectivity index (χ0n) is 19.0. The summed E-state index contributed by atoms with van der Waals surface area (Å²) in [5.41, 5.74) is 2.38. The molecule has 1 unspecified atom stereocenters. The zero-order valence-corrected chi connectivity index (χ0v) is 22.2. The highest BCUT2D eigenvalue weighted by atomic mass is 127. The fraction of sp³-hybridized carbons (Fsp3) is 0.565. The van der Waals surface area contributed by atoms with Gasteiger partial charge < -0.3 is 25.2 Å². The molecule has 0 saturated carbocycles. The summed E-state index contributed by atoms with van der Waals surface area (Å²) in [7, 11) is 3.56. The zero-order chi connectivity index (χ0) is 21.5. The van der Waals surface area contributed by atoms with Gasteiger partial charge in [0.2, 0.25) is 0 Å². The van der Waals surface area contributed by atoms with Crippen LogP contribution in [0.2, 0.25) is 0 Å². The SMILES string of the molecule is CN=C(NCCc1csc(N2CCCC2)n1)NC1CCCN(c2cccc(OC)c2)C1.I. The molecule has 2 fully saturated rings. The van der Waals surface area contributed by atoms with Crippen LogP contribution >= 0.6 is 35.3 Å². The van der Waals surface area contributed by atoms with Gasteiger partial charge in [0.25, 0.3) is 0 Å². The normalized spacial score (nSPS) is 18.9. The van der Waals surface area contributed by atoms with E-state index in [1.165, 1.54) is 23.7 Å². The van der Waals surface area contributed by atoms with E-state index in [2.05, 4.69) is 49.0 Å². The topological polar surface area (TPSA) is 65.0 Å². The van der Waals surface area contributed by atoms with E-state index in [-0.39, 0.29) is 24.0 Å². The van der Waals surface area contributed by atoms with Crippen molar-refractivity contribution in [2.45, 2.75) is 38.1 Å². The van der Waals surface area contributed by atoms with Crippen molar-refractivity contribution in [2.75, 3.05) is 56.7 Å². The number of aliphatic imine (C=N–C) groups is 1. The molecule has 1 aromatic carbocycles. The van der Waals surface area contributed by atoms with E-state index in [1.54, 1.807) is 18.4 Å². The Morgan fingerprint density at radius 1 is 1.22 bits per heavy atom. The highest BCUT2D eigenvalue weighted by molar-refractivity contribution is 14.0. The molecule has 1 atom stereocenters. The van der Waals surface area contributed by atoms with Gasteiger partial charge in [-0.3, -0.25) is 4.99 Å². The Balaban J connectivity index is 0.00000289. The maximum Gasteiger partial charge on any atom is 0.191 e. The molecule has 2 saturated heterocycles. The molecule has 0 aliphatic carbocycles. The number of thiazole rings is 1. The summed E-state index contributed by atoms with van der Waals surface area (Å²) in [6, 6.07) is 8.68. The van der Waals surface area contributed by atoms with E-state index in [0.717, 1.165) is 69.4 Å². The van der Waals surface area contributed by atoms with Crippen LogP contribution in [0.3, 0.4) is 0 Å². The molecule has 2 aliphatic rings. The number of nitrogens with zero attached hydrogens (tertiary/aromatic N) is 4. The molecule has 7 nitrogen and oxygen atoms in total. The van der Waals surface area contributed by atoms with Gasteiger partial charge in [-0.2, -0.15) is 0 Å². The van der Waals surface area contributed by atoms with Crippen LogP contribution in [0, 0.1) is 0 Å². The Morgan fingerprint density at radius 2 is 2.03 bits per heavy atom. The number of benzene rings is 1. The Kier molecular flexibility index (Phi) is 9.70. The molecule has 176 valence electrons. The number of halogens is 1. The number of nitrogens with one attached hydrogen (secondary N) is 2. The summed E-state index contributed by atoms with van der Waals surface area (Å²) in [5.74, 6) is 1.77. The molecule has 32 heavy (non-hydrogen) atoms. The Morgan fingerprint density at radius 3 is 2.81 bits per heavy atom. The molecule has 3 heterocycles. The third-order valence-corrected chi connectivity index (χ3v) is 6.94. The lowest BCUT2D eigenvalue weighted by atomic mass is 10.0. The van der Waals surface area contributed by atoms with Gasteiger partial charge in [-0.05, 0) is 37.8 Å². The van der Waals surface area contributed by atoms with Gasteiger partial charge in [-0.25, -0.2) is 4.98 Å². The van der Waals surface area contributed by atoms with Gasteiger partial charge in [-0.1, -0.05) is 6.07 Å². The van der Waals surface area contributed by atoms with E-state index >= 15 is 0 Å². The van der Waals surface area contributed by atoms with Crippen molar-refractivity contribution in [2.24, 2.45) is 4.99 Å². The van der Waals surface area contributed by atoms with Gasteiger partial charge in [-0.15, -0.1) is 35.3 Å². The van der Waals surface area contributed by atoms with E-state index < -0.39 is 0 Å². The fourth-order valence-corrected chi connectivity index (χ4v) is 5.21. The molecule has 0 spiro atoms. The minimum Gasteiger partial charge on any atom is -0.497 e. The lowest BCUT2D eigenvalue weighted by Gasteiger charge is -2.35. The van der Waals surface area contributed by atoms with Crippen molar-refractivity contribution in [1.29, 1.82) is 0 Å². The number of hydrogen-bond donors (Lipinski definition) is 2. The summed E-state index contributed by atoms with van der Waals surface area (Å²) in [6.07, 6.45) is 5.78.